The molecule has 0 N–H and O–H groups in total. The molecule has 0 bridgehead atoms. The van der Waals surface area contributed by atoms with Crippen LogP contribution < -0.4 is 31.1 Å². The molecule has 2 aliphatic heterocycles. The average molecular weight is 954 g/mol. The molecular weight excluding hydrogens is 882 g/mol. The Kier molecular flexibility index (Phi) is 10.6. The van der Waals surface area contributed by atoms with Gasteiger partial charge in [-0.25, -0.2) is 0 Å². The van der Waals surface area contributed by atoms with Gasteiger partial charge < -0.3 is 14.7 Å². The van der Waals surface area contributed by atoms with Crippen molar-refractivity contribution in [3.63, 3.8) is 0 Å². The Morgan fingerprint density at radius 3 is 1.48 bits per heavy atom. The quantitative estimate of drug-likeness (QED) is 0.154. The van der Waals surface area contributed by atoms with E-state index in [-0.39, 0.29) is 33.8 Å². The van der Waals surface area contributed by atoms with Crippen molar-refractivity contribution in [2.75, 3.05) is 14.7 Å². The number of anilines is 9. The fourth-order valence-electron chi connectivity index (χ4n) is 13.8. The summed E-state index contributed by atoms with van der Waals surface area (Å²) in [5, 5.41) is 0. The molecule has 0 unspecified atom stereocenters. The van der Waals surface area contributed by atoms with Crippen molar-refractivity contribution in [2.24, 2.45) is 0 Å². The van der Waals surface area contributed by atoms with Gasteiger partial charge in [0.15, 0.2) is 0 Å². The number of rotatable bonds is 6. The fraction of sp³-hybridized carbons (Fsp3) is 0.304. The second-order valence-electron chi connectivity index (χ2n) is 25.8. The van der Waals surface area contributed by atoms with Crippen molar-refractivity contribution in [1.82, 2.24) is 0 Å². The van der Waals surface area contributed by atoms with E-state index in [4.69, 9.17) is 0 Å². The molecular formula is C69H72BN3. The van der Waals surface area contributed by atoms with Gasteiger partial charge in [0.25, 0.3) is 6.71 Å². The van der Waals surface area contributed by atoms with Crippen molar-refractivity contribution >= 4 is 74.3 Å². The summed E-state index contributed by atoms with van der Waals surface area (Å²) in [5.41, 5.74) is 27.3. The number of aryl methyl sites for hydroxylation is 2. The number of hydrogen-bond donors (Lipinski definition) is 0. The zero-order chi connectivity index (χ0) is 51.1. The molecule has 4 aliphatic rings. The van der Waals surface area contributed by atoms with Crippen molar-refractivity contribution in [2.45, 2.75) is 136 Å². The molecule has 0 radical (unpaired) electrons. The lowest BCUT2D eigenvalue weighted by atomic mass is 9.33. The smallest absolute Gasteiger partial charge is 0.252 e. The third-order valence-corrected chi connectivity index (χ3v) is 17.6. The van der Waals surface area contributed by atoms with Gasteiger partial charge in [-0.3, -0.25) is 0 Å². The molecule has 0 amide bonds. The summed E-state index contributed by atoms with van der Waals surface area (Å²) >= 11 is 0. The Hall–Kier alpha value is -6.78. The Balaban J connectivity index is 1.24. The Bertz CT molecular complexity index is 3460. The van der Waals surface area contributed by atoms with Crippen LogP contribution in [0.4, 0.5) is 51.2 Å². The van der Waals surface area contributed by atoms with E-state index in [1.54, 1.807) is 0 Å². The highest BCUT2D eigenvalue weighted by Crippen LogP contribution is 2.56. The summed E-state index contributed by atoms with van der Waals surface area (Å²) in [6.45, 7) is 31.5. The zero-order valence-electron chi connectivity index (χ0n) is 45.6. The molecule has 0 atom stereocenters. The van der Waals surface area contributed by atoms with Crippen LogP contribution in [0.3, 0.4) is 0 Å². The van der Waals surface area contributed by atoms with E-state index in [9.17, 15) is 0 Å². The molecule has 0 fully saturated rings. The van der Waals surface area contributed by atoms with Crippen LogP contribution in [0.25, 0.3) is 11.1 Å². The van der Waals surface area contributed by atoms with Crippen molar-refractivity contribution in [3.05, 3.63) is 203 Å². The molecule has 0 spiro atoms. The largest absolute Gasteiger partial charge is 0.311 e. The van der Waals surface area contributed by atoms with E-state index < -0.39 is 0 Å². The predicted molar refractivity (Wildman–Crippen MR) is 315 cm³/mol. The first kappa shape index (κ1) is 47.2. The minimum absolute atomic E-state index is 0.00741. The lowest BCUT2D eigenvalue weighted by Gasteiger charge is -2.47. The minimum atomic E-state index is -0.0678. The van der Waals surface area contributed by atoms with E-state index in [0.717, 1.165) is 29.9 Å². The van der Waals surface area contributed by atoms with Crippen LogP contribution in [-0.4, -0.2) is 6.71 Å². The number of fused-ring (bicyclic) bond motifs is 6. The molecule has 3 nitrogen and oxygen atoms in total. The molecule has 4 heteroatoms. The maximum Gasteiger partial charge on any atom is 0.252 e. The van der Waals surface area contributed by atoms with E-state index in [2.05, 4.69) is 269 Å². The number of benzene rings is 8. The third-order valence-electron chi connectivity index (χ3n) is 17.6. The Labute approximate surface area is 437 Å². The van der Waals surface area contributed by atoms with E-state index >= 15 is 0 Å². The van der Waals surface area contributed by atoms with E-state index in [1.165, 1.54) is 107 Å². The molecule has 366 valence electrons. The first-order chi connectivity index (χ1) is 34.6. The zero-order valence-corrected chi connectivity index (χ0v) is 45.6. The first-order valence-corrected chi connectivity index (χ1v) is 27.0. The average Bonchev–Trinajstić information content (AvgIpc) is 3.55. The second-order valence-corrected chi connectivity index (χ2v) is 25.8. The van der Waals surface area contributed by atoms with Crippen LogP contribution in [0.1, 0.15) is 134 Å². The summed E-state index contributed by atoms with van der Waals surface area (Å²) in [4.78, 5) is 7.86. The second kappa shape index (κ2) is 16.4. The standard InChI is InChI=1S/C69H72BN3/c1-44-35-47(46-23-17-14-18-24-46)29-32-58(44)72-60-37-48(65(3,4)5)30-31-56(60)70-57-40-53-55(69(12,13)43-68(53,10)11)42-61(57)73(59-41-54-52(36-45(59)2)66(6,7)33-34-67(54,8)9)63-39-51(38-62(72)64(63)70)71(49-25-19-15-20-26-49)50-27-21-16-22-28-50/h14-32,35-42H,33-34,43H2,1-13H3. The third kappa shape index (κ3) is 7.52. The highest BCUT2D eigenvalue weighted by molar-refractivity contribution is 7.00. The van der Waals surface area contributed by atoms with Crippen LogP contribution in [-0.2, 0) is 27.1 Å². The molecule has 2 heterocycles. The van der Waals surface area contributed by atoms with Gasteiger partial charge in [-0.05, 0) is 193 Å². The molecule has 0 saturated heterocycles. The maximum atomic E-state index is 2.73. The van der Waals surface area contributed by atoms with Gasteiger partial charge in [0, 0.05) is 45.5 Å². The topological polar surface area (TPSA) is 9.72 Å². The van der Waals surface area contributed by atoms with E-state index in [1.807, 2.05) is 0 Å². The highest BCUT2D eigenvalue weighted by Gasteiger charge is 2.49. The summed E-state index contributed by atoms with van der Waals surface area (Å²) in [5.74, 6) is 0. The molecule has 0 saturated carbocycles. The van der Waals surface area contributed by atoms with Gasteiger partial charge in [-0.1, -0.05) is 173 Å². The highest BCUT2D eigenvalue weighted by atomic mass is 15.2. The molecule has 0 aromatic heterocycles. The van der Waals surface area contributed by atoms with Crippen LogP contribution in [0.15, 0.2) is 164 Å². The lowest BCUT2D eigenvalue weighted by Crippen LogP contribution is -2.61. The van der Waals surface area contributed by atoms with Crippen LogP contribution >= 0.6 is 0 Å². The van der Waals surface area contributed by atoms with Crippen molar-refractivity contribution < 1.29 is 0 Å². The summed E-state index contributed by atoms with van der Waals surface area (Å²) in [6, 6.07) is 63.0. The number of hydrogen-bond acceptors (Lipinski definition) is 3. The van der Waals surface area contributed by atoms with Gasteiger partial charge in [0.05, 0.1) is 5.69 Å². The van der Waals surface area contributed by atoms with Gasteiger partial charge in [0.1, 0.15) is 0 Å². The Morgan fingerprint density at radius 2 is 0.904 bits per heavy atom. The molecule has 2 aliphatic carbocycles. The molecule has 12 rings (SSSR count). The van der Waals surface area contributed by atoms with Crippen LogP contribution in [0.2, 0.25) is 0 Å². The summed E-state index contributed by atoms with van der Waals surface area (Å²) < 4.78 is 0. The fourth-order valence-corrected chi connectivity index (χ4v) is 13.8. The van der Waals surface area contributed by atoms with Crippen LogP contribution in [0.5, 0.6) is 0 Å². The van der Waals surface area contributed by atoms with Crippen molar-refractivity contribution in [1.29, 1.82) is 0 Å². The lowest BCUT2D eigenvalue weighted by molar-refractivity contribution is 0.332. The molecule has 73 heavy (non-hydrogen) atoms. The SMILES string of the molecule is Cc1cc(-c2ccccc2)ccc1N1c2cc(C(C)(C)C)ccc2B2c3cc4c(cc3N(c3cc5c(cc3C)C(C)(C)CCC5(C)C)c3cc(N(c5ccccc5)c5ccccc5)cc1c32)C(C)(C)CC4(C)C. The van der Waals surface area contributed by atoms with Gasteiger partial charge in [-0.15, -0.1) is 0 Å². The first-order valence-electron chi connectivity index (χ1n) is 27.0. The van der Waals surface area contributed by atoms with Gasteiger partial charge in [-0.2, -0.15) is 0 Å². The minimum Gasteiger partial charge on any atom is -0.311 e. The number of nitrogens with zero attached hydrogens (tertiary/aromatic N) is 3. The van der Waals surface area contributed by atoms with Crippen molar-refractivity contribution in [3.8, 4) is 11.1 Å². The Morgan fingerprint density at radius 1 is 0.411 bits per heavy atom. The maximum absolute atomic E-state index is 2.73. The number of para-hydroxylation sites is 2. The molecule has 8 aromatic carbocycles. The van der Waals surface area contributed by atoms with E-state index in [0.29, 0.717) is 0 Å². The predicted octanol–water partition coefficient (Wildman–Crippen LogP) is 17.1. The molecule has 8 aromatic rings. The summed E-state index contributed by atoms with van der Waals surface area (Å²) in [6.07, 6.45) is 3.44. The van der Waals surface area contributed by atoms with Crippen LogP contribution in [0, 0.1) is 13.8 Å². The monoisotopic (exact) mass is 954 g/mol. The normalized spacial score (nSPS) is 17.3. The summed E-state index contributed by atoms with van der Waals surface area (Å²) in [7, 11) is 0. The van der Waals surface area contributed by atoms with Gasteiger partial charge in [0.2, 0.25) is 0 Å². The van der Waals surface area contributed by atoms with Gasteiger partial charge >= 0.3 is 0 Å².